The second-order valence-electron chi connectivity index (χ2n) is 5.61. The minimum atomic E-state index is -0.191. The predicted molar refractivity (Wildman–Crippen MR) is 94.2 cm³/mol. The van der Waals surface area contributed by atoms with Gasteiger partial charge in [0, 0.05) is 31.0 Å². The predicted octanol–water partition coefficient (Wildman–Crippen LogP) is 3.29. The average molecular weight is 331 g/mol. The molecule has 6 heteroatoms. The number of ether oxygens (including phenoxy) is 1. The Kier molecular flexibility index (Phi) is 5.15. The summed E-state index contributed by atoms with van der Waals surface area (Å²) in [5.41, 5.74) is 3.06. The van der Waals surface area contributed by atoms with Crippen LogP contribution in [0.5, 0.6) is 0 Å². The first-order chi connectivity index (χ1) is 11.2. The van der Waals surface area contributed by atoms with Crippen LogP contribution in [0.25, 0.3) is 0 Å². The van der Waals surface area contributed by atoms with Crippen LogP contribution in [0, 0.1) is 0 Å². The molecule has 0 saturated carbocycles. The molecule has 2 aromatic rings. The summed E-state index contributed by atoms with van der Waals surface area (Å²) < 4.78 is 5.56. The van der Waals surface area contributed by atoms with E-state index in [4.69, 9.17) is 4.74 Å². The van der Waals surface area contributed by atoms with Crippen molar-refractivity contribution in [2.45, 2.75) is 19.6 Å². The van der Waals surface area contributed by atoms with Crippen molar-refractivity contribution in [3.63, 3.8) is 0 Å². The van der Waals surface area contributed by atoms with E-state index in [-0.39, 0.29) is 12.1 Å². The van der Waals surface area contributed by atoms with Crippen molar-refractivity contribution in [2.75, 3.05) is 29.9 Å². The van der Waals surface area contributed by atoms with Gasteiger partial charge in [-0.25, -0.2) is 4.79 Å². The number of anilines is 2. The van der Waals surface area contributed by atoms with Gasteiger partial charge >= 0.3 is 6.03 Å². The molecule has 0 spiro atoms. The van der Waals surface area contributed by atoms with Gasteiger partial charge in [-0.1, -0.05) is 0 Å². The fraction of sp³-hybridized carbons (Fsp3) is 0.353. The van der Waals surface area contributed by atoms with Crippen molar-refractivity contribution in [3.05, 3.63) is 46.7 Å². The van der Waals surface area contributed by atoms with Gasteiger partial charge in [0.25, 0.3) is 0 Å². The van der Waals surface area contributed by atoms with Crippen molar-refractivity contribution >= 4 is 28.7 Å². The summed E-state index contributed by atoms with van der Waals surface area (Å²) in [6, 6.07) is 9.74. The number of nitrogens with zero attached hydrogens (tertiary/aromatic N) is 1. The smallest absolute Gasteiger partial charge is 0.319 e. The molecule has 23 heavy (non-hydrogen) atoms. The Hall–Kier alpha value is -2.05. The number of amides is 2. The zero-order valence-corrected chi connectivity index (χ0v) is 13.9. The highest BCUT2D eigenvalue weighted by Gasteiger charge is 2.16. The molecule has 2 amide bonds. The fourth-order valence-corrected chi connectivity index (χ4v) is 3.23. The van der Waals surface area contributed by atoms with Crippen molar-refractivity contribution in [1.29, 1.82) is 0 Å². The van der Waals surface area contributed by atoms with E-state index in [1.54, 1.807) is 11.3 Å². The molecular weight excluding hydrogens is 310 g/mol. The Labute approximate surface area is 140 Å². The molecule has 5 nitrogen and oxygen atoms in total. The molecule has 1 fully saturated rings. The third-order valence-electron chi connectivity index (χ3n) is 3.76. The van der Waals surface area contributed by atoms with E-state index in [0.29, 0.717) is 6.54 Å². The number of urea groups is 1. The van der Waals surface area contributed by atoms with E-state index in [2.05, 4.69) is 22.5 Å². The lowest BCUT2D eigenvalue weighted by Gasteiger charge is -2.33. The van der Waals surface area contributed by atoms with Crippen molar-refractivity contribution in [3.8, 4) is 0 Å². The van der Waals surface area contributed by atoms with Gasteiger partial charge in [0.15, 0.2) is 0 Å². The molecule has 1 saturated heterocycles. The molecule has 1 aromatic heterocycles. The highest BCUT2D eigenvalue weighted by molar-refractivity contribution is 7.07. The highest BCUT2D eigenvalue weighted by atomic mass is 32.1. The molecule has 0 unspecified atom stereocenters. The Bertz CT molecular complexity index is 628. The number of carbonyl (C=O) groups is 1. The standard InChI is InChI=1S/C17H21N3O2S/c1-13-11-20(7-8-22-13)16-4-2-15(3-5-16)19-17(21)18-10-14-6-9-23-12-14/h2-6,9,12-13H,7-8,10-11H2,1H3,(H2,18,19,21)/t13-/m0/s1. The van der Waals surface area contributed by atoms with Gasteiger partial charge in [0.2, 0.25) is 0 Å². The van der Waals surface area contributed by atoms with Crippen LogP contribution in [0.3, 0.4) is 0 Å². The van der Waals surface area contributed by atoms with Crippen LogP contribution in [-0.4, -0.2) is 31.8 Å². The SMILES string of the molecule is C[C@H]1CN(c2ccc(NC(=O)NCc3ccsc3)cc2)CCO1. The Morgan fingerprint density at radius 3 is 2.87 bits per heavy atom. The van der Waals surface area contributed by atoms with Crippen LogP contribution in [-0.2, 0) is 11.3 Å². The molecule has 1 aliphatic rings. The molecule has 2 N–H and O–H groups in total. The number of rotatable bonds is 4. The average Bonchev–Trinajstić information content (AvgIpc) is 3.07. The number of nitrogens with one attached hydrogen (secondary N) is 2. The van der Waals surface area contributed by atoms with Gasteiger partial charge in [-0.2, -0.15) is 11.3 Å². The molecule has 3 rings (SSSR count). The molecule has 1 atom stereocenters. The monoisotopic (exact) mass is 331 g/mol. The zero-order valence-electron chi connectivity index (χ0n) is 13.1. The number of benzene rings is 1. The number of hydrogen-bond donors (Lipinski definition) is 2. The first kappa shape index (κ1) is 15.8. The van der Waals surface area contributed by atoms with Crippen LogP contribution < -0.4 is 15.5 Å². The van der Waals surface area contributed by atoms with Crippen LogP contribution in [0.1, 0.15) is 12.5 Å². The van der Waals surface area contributed by atoms with E-state index < -0.39 is 0 Å². The van der Waals surface area contributed by atoms with E-state index in [1.165, 1.54) is 0 Å². The summed E-state index contributed by atoms with van der Waals surface area (Å²) >= 11 is 1.63. The van der Waals surface area contributed by atoms with Crippen molar-refractivity contribution in [2.24, 2.45) is 0 Å². The van der Waals surface area contributed by atoms with Crippen LogP contribution in [0.2, 0.25) is 0 Å². The first-order valence-electron chi connectivity index (χ1n) is 7.73. The quantitative estimate of drug-likeness (QED) is 0.904. The summed E-state index contributed by atoms with van der Waals surface area (Å²) in [6.45, 7) is 5.18. The van der Waals surface area contributed by atoms with E-state index in [1.807, 2.05) is 41.1 Å². The van der Waals surface area contributed by atoms with Gasteiger partial charge in [-0.15, -0.1) is 0 Å². The molecule has 0 radical (unpaired) electrons. The van der Waals surface area contributed by atoms with Gasteiger partial charge in [0.05, 0.1) is 12.7 Å². The topological polar surface area (TPSA) is 53.6 Å². The molecule has 2 heterocycles. The normalized spacial score (nSPS) is 17.8. The Morgan fingerprint density at radius 2 is 2.17 bits per heavy atom. The lowest BCUT2D eigenvalue weighted by molar-refractivity contribution is 0.0532. The molecule has 122 valence electrons. The molecule has 1 aromatic carbocycles. The minimum absolute atomic E-state index is 0.191. The Morgan fingerprint density at radius 1 is 1.35 bits per heavy atom. The summed E-state index contributed by atoms with van der Waals surface area (Å²) in [5.74, 6) is 0. The van der Waals surface area contributed by atoms with E-state index in [9.17, 15) is 4.79 Å². The first-order valence-corrected chi connectivity index (χ1v) is 8.67. The lowest BCUT2D eigenvalue weighted by Crippen LogP contribution is -2.41. The summed E-state index contributed by atoms with van der Waals surface area (Å²) in [7, 11) is 0. The van der Waals surface area contributed by atoms with Crippen molar-refractivity contribution in [1.82, 2.24) is 5.32 Å². The van der Waals surface area contributed by atoms with E-state index >= 15 is 0 Å². The van der Waals surface area contributed by atoms with Crippen molar-refractivity contribution < 1.29 is 9.53 Å². The van der Waals surface area contributed by atoms with Gasteiger partial charge in [0.1, 0.15) is 0 Å². The number of carbonyl (C=O) groups excluding carboxylic acids is 1. The zero-order chi connectivity index (χ0) is 16.1. The summed E-state index contributed by atoms with van der Waals surface area (Å²) in [5, 5.41) is 9.73. The highest BCUT2D eigenvalue weighted by Crippen LogP contribution is 2.20. The minimum Gasteiger partial charge on any atom is -0.375 e. The Balaban J connectivity index is 1.51. The number of thiophene rings is 1. The lowest BCUT2D eigenvalue weighted by atomic mass is 10.2. The number of morpholine rings is 1. The third-order valence-corrected chi connectivity index (χ3v) is 4.50. The van der Waals surface area contributed by atoms with Crippen LogP contribution in [0.4, 0.5) is 16.2 Å². The maximum atomic E-state index is 11.9. The molecule has 1 aliphatic heterocycles. The maximum absolute atomic E-state index is 11.9. The molecule has 0 bridgehead atoms. The van der Waals surface area contributed by atoms with Gasteiger partial charge in [-0.05, 0) is 53.6 Å². The second-order valence-corrected chi connectivity index (χ2v) is 6.39. The number of hydrogen-bond acceptors (Lipinski definition) is 4. The third kappa shape index (κ3) is 4.46. The summed E-state index contributed by atoms with van der Waals surface area (Å²) in [6.07, 6.45) is 0.254. The van der Waals surface area contributed by atoms with Gasteiger partial charge < -0.3 is 20.3 Å². The van der Waals surface area contributed by atoms with E-state index in [0.717, 1.165) is 36.6 Å². The largest absolute Gasteiger partial charge is 0.375 e. The molecule has 0 aliphatic carbocycles. The van der Waals surface area contributed by atoms with Gasteiger partial charge in [-0.3, -0.25) is 0 Å². The second kappa shape index (κ2) is 7.48. The maximum Gasteiger partial charge on any atom is 0.319 e. The van der Waals surface area contributed by atoms with Crippen LogP contribution in [0.15, 0.2) is 41.1 Å². The summed E-state index contributed by atoms with van der Waals surface area (Å²) in [4.78, 5) is 14.2. The fourth-order valence-electron chi connectivity index (χ4n) is 2.56. The van der Waals surface area contributed by atoms with Crippen LogP contribution >= 0.6 is 11.3 Å². The molecular formula is C17H21N3O2S.